The number of rotatable bonds is 3. The van der Waals surface area contributed by atoms with Crippen LogP contribution in [0.5, 0.6) is 0 Å². The molecule has 3 aromatic rings. The molecule has 0 saturated carbocycles. The summed E-state index contributed by atoms with van der Waals surface area (Å²) in [7, 11) is 0. The number of fused-ring (bicyclic) bond motifs is 1. The lowest BCUT2D eigenvalue weighted by Gasteiger charge is -2.09. The highest BCUT2D eigenvalue weighted by molar-refractivity contribution is 7.21. The molecule has 0 atom stereocenters. The molecule has 0 saturated heterocycles. The summed E-state index contributed by atoms with van der Waals surface area (Å²) in [4.78, 5) is 12.6. The van der Waals surface area contributed by atoms with E-state index in [4.69, 9.17) is 4.74 Å². The first kappa shape index (κ1) is 16.5. The van der Waals surface area contributed by atoms with E-state index in [1.165, 1.54) is 23.5 Å². The first-order valence-corrected chi connectivity index (χ1v) is 8.09. The number of thiophene rings is 1. The lowest BCUT2D eigenvalue weighted by molar-refractivity contribution is -0.137. The molecule has 6 heteroatoms. The van der Waals surface area contributed by atoms with Gasteiger partial charge in [-0.3, -0.25) is 0 Å². The van der Waals surface area contributed by atoms with Crippen LogP contribution in [0.3, 0.4) is 0 Å². The summed E-state index contributed by atoms with van der Waals surface area (Å²) >= 11 is 1.28. The molecule has 0 bridgehead atoms. The van der Waals surface area contributed by atoms with E-state index in [0.29, 0.717) is 16.0 Å². The lowest BCUT2D eigenvalue weighted by Crippen LogP contribution is -2.05. The molecule has 0 fully saturated rings. The van der Waals surface area contributed by atoms with Gasteiger partial charge in [-0.05, 0) is 30.7 Å². The van der Waals surface area contributed by atoms with Gasteiger partial charge in [0.25, 0.3) is 0 Å². The third-order valence-electron chi connectivity index (χ3n) is 3.56. The molecule has 24 heavy (non-hydrogen) atoms. The van der Waals surface area contributed by atoms with Gasteiger partial charge in [-0.1, -0.05) is 30.3 Å². The fraction of sp³-hybridized carbons (Fsp3) is 0.167. The maximum absolute atomic E-state index is 12.8. The highest BCUT2D eigenvalue weighted by atomic mass is 32.1. The van der Waals surface area contributed by atoms with Gasteiger partial charge in [-0.25, -0.2) is 4.79 Å². The van der Waals surface area contributed by atoms with Gasteiger partial charge in [0.1, 0.15) is 4.88 Å². The molecule has 0 unspecified atom stereocenters. The summed E-state index contributed by atoms with van der Waals surface area (Å²) in [5, 5.41) is 0.824. The lowest BCUT2D eigenvalue weighted by atomic mass is 10.0. The smallest absolute Gasteiger partial charge is 0.416 e. The molecule has 2 aromatic carbocycles. The van der Waals surface area contributed by atoms with Gasteiger partial charge in [0.15, 0.2) is 0 Å². The molecular formula is C18H13F3O2S. The Labute approximate surface area is 140 Å². The van der Waals surface area contributed by atoms with E-state index in [9.17, 15) is 18.0 Å². The van der Waals surface area contributed by atoms with Crippen LogP contribution >= 0.6 is 11.3 Å². The van der Waals surface area contributed by atoms with Crippen LogP contribution in [-0.4, -0.2) is 12.6 Å². The van der Waals surface area contributed by atoms with Crippen LogP contribution in [0, 0.1) is 0 Å². The van der Waals surface area contributed by atoms with Crippen molar-refractivity contribution >= 4 is 27.4 Å². The van der Waals surface area contributed by atoms with Crippen LogP contribution in [0.4, 0.5) is 13.2 Å². The number of esters is 1. The first-order chi connectivity index (χ1) is 11.4. The molecular weight excluding hydrogens is 337 g/mol. The van der Waals surface area contributed by atoms with E-state index in [1.54, 1.807) is 6.92 Å². The topological polar surface area (TPSA) is 26.3 Å². The minimum atomic E-state index is -4.39. The highest BCUT2D eigenvalue weighted by Gasteiger charge is 2.30. The largest absolute Gasteiger partial charge is 0.462 e. The predicted octanol–water partition coefficient (Wildman–Crippen LogP) is 5.76. The number of carbonyl (C=O) groups is 1. The van der Waals surface area contributed by atoms with E-state index < -0.39 is 17.7 Å². The van der Waals surface area contributed by atoms with Crippen molar-refractivity contribution in [3.8, 4) is 11.1 Å². The highest BCUT2D eigenvalue weighted by Crippen LogP contribution is 2.40. The van der Waals surface area contributed by atoms with Gasteiger partial charge in [-0.15, -0.1) is 11.3 Å². The van der Waals surface area contributed by atoms with Gasteiger partial charge in [-0.2, -0.15) is 13.2 Å². The molecule has 0 spiro atoms. The van der Waals surface area contributed by atoms with Crippen LogP contribution in [0.15, 0.2) is 48.5 Å². The molecule has 0 amide bonds. The van der Waals surface area contributed by atoms with Crippen molar-refractivity contribution in [2.24, 2.45) is 0 Å². The van der Waals surface area contributed by atoms with Crippen molar-refractivity contribution in [2.45, 2.75) is 13.1 Å². The molecule has 1 heterocycles. The normalized spacial score (nSPS) is 11.7. The van der Waals surface area contributed by atoms with E-state index in [-0.39, 0.29) is 6.61 Å². The first-order valence-electron chi connectivity index (χ1n) is 7.28. The third-order valence-corrected chi connectivity index (χ3v) is 4.71. The van der Waals surface area contributed by atoms with Crippen LogP contribution in [-0.2, 0) is 10.9 Å². The molecule has 124 valence electrons. The van der Waals surface area contributed by atoms with Crippen LogP contribution in [0.1, 0.15) is 22.2 Å². The molecule has 0 aliphatic heterocycles. The average Bonchev–Trinajstić information content (AvgIpc) is 2.94. The SMILES string of the molecule is CCOC(=O)c1sc2ccccc2c1-c1ccc(C(F)(F)F)cc1. The summed E-state index contributed by atoms with van der Waals surface area (Å²) in [6.45, 7) is 1.95. The number of ether oxygens (including phenoxy) is 1. The van der Waals surface area contributed by atoms with Crippen molar-refractivity contribution in [3.05, 3.63) is 59.0 Å². The van der Waals surface area contributed by atoms with E-state index in [0.717, 1.165) is 22.2 Å². The fourth-order valence-electron chi connectivity index (χ4n) is 2.50. The second-order valence-corrected chi connectivity index (χ2v) is 6.15. The van der Waals surface area contributed by atoms with Gasteiger partial charge in [0.05, 0.1) is 12.2 Å². The number of hydrogen-bond donors (Lipinski definition) is 0. The molecule has 0 radical (unpaired) electrons. The maximum atomic E-state index is 12.8. The Bertz CT molecular complexity index is 879. The molecule has 3 rings (SSSR count). The van der Waals surface area contributed by atoms with Gasteiger partial charge < -0.3 is 4.74 Å². The second kappa shape index (κ2) is 6.28. The Balaban J connectivity index is 2.17. The summed E-state index contributed by atoms with van der Waals surface area (Å²) < 4.78 is 44.2. The van der Waals surface area contributed by atoms with Gasteiger partial charge >= 0.3 is 12.1 Å². The number of hydrogen-bond acceptors (Lipinski definition) is 3. The Morgan fingerprint density at radius 2 is 1.75 bits per heavy atom. The molecule has 2 nitrogen and oxygen atoms in total. The van der Waals surface area contributed by atoms with Gasteiger partial charge in [0, 0.05) is 15.6 Å². The summed E-state index contributed by atoms with van der Waals surface area (Å²) in [5.74, 6) is -0.464. The van der Waals surface area contributed by atoms with Gasteiger partial charge in [0.2, 0.25) is 0 Å². The standard InChI is InChI=1S/C18H13F3O2S/c1-2-23-17(22)16-15(13-5-3-4-6-14(13)24-16)11-7-9-12(10-8-11)18(19,20)21/h3-10H,2H2,1H3. The monoisotopic (exact) mass is 350 g/mol. The molecule has 0 aliphatic carbocycles. The number of halogens is 3. The zero-order chi connectivity index (χ0) is 17.3. The predicted molar refractivity (Wildman–Crippen MR) is 88.2 cm³/mol. The minimum Gasteiger partial charge on any atom is -0.462 e. The second-order valence-electron chi connectivity index (χ2n) is 5.10. The molecule has 0 N–H and O–H groups in total. The van der Waals surface area contributed by atoms with Crippen molar-refractivity contribution in [3.63, 3.8) is 0 Å². The van der Waals surface area contributed by atoms with Crippen LogP contribution in [0.2, 0.25) is 0 Å². The molecule has 0 aliphatic rings. The Hall–Kier alpha value is -2.34. The average molecular weight is 350 g/mol. The van der Waals surface area contributed by atoms with Crippen molar-refractivity contribution in [1.29, 1.82) is 0 Å². The Morgan fingerprint density at radius 3 is 2.38 bits per heavy atom. The summed E-state index contributed by atoms with van der Waals surface area (Å²) in [6, 6.07) is 12.2. The third kappa shape index (κ3) is 3.01. The summed E-state index contributed by atoms with van der Waals surface area (Å²) in [5.41, 5.74) is 0.453. The Morgan fingerprint density at radius 1 is 1.08 bits per heavy atom. The zero-order valence-corrected chi connectivity index (χ0v) is 13.5. The van der Waals surface area contributed by atoms with Crippen molar-refractivity contribution in [1.82, 2.24) is 0 Å². The van der Waals surface area contributed by atoms with Crippen molar-refractivity contribution < 1.29 is 22.7 Å². The summed E-state index contributed by atoms with van der Waals surface area (Å²) in [6.07, 6.45) is -4.39. The van der Waals surface area contributed by atoms with E-state index in [2.05, 4.69) is 0 Å². The number of carbonyl (C=O) groups excluding carboxylic acids is 1. The van der Waals surface area contributed by atoms with Crippen LogP contribution in [0.25, 0.3) is 21.2 Å². The number of alkyl halides is 3. The fourth-order valence-corrected chi connectivity index (χ4v) is 3.62. The number of benzene rings is 2. The minimum absolute atomic E-state index is 0.236. The zero-order valence-electron chi connectivity index (χ0n) is 12.7. The van der Waals surface area contributed by atoms with Crippen molar-refractivity contribution in [2.75, 3.05) is 6.61 Å². The maximum Gasteiger partial charge on any atom is 0.416 e. The van der Waals surface area contributed by atoms with E-state index in [1.807, 2.05) is 24.3 Å². The van der Waals surface area contributed by atoms with Crippen LogP contribution < -0.4 is 0 Å². The van der Waals surface area contributed by atoms with E-state index >= 15 is 0 Å². The quantitative estimate of drug-likeness (QED) is 0.561. The molecule has 1 aromatic heterocycles. The Kier molecular flexibility index (Phi) is 4.32.